The molecule has 0 aliphatic carbocycles. The van der Waals surface area contributed by atoms with Crippen LogP contribution in [-0.2, 0) is 4.79 Å². The van der Waals surface area contributed by atoms with Crippen molar-refractivity contribution < 1.29 is 14.0 Å². The largest absolute Gasteiger partial charge is 0.341 e. The highest BCUT2D eigenvalue weighted by Crippen LogP contribution is 2.29. The molecule has 1 aliphatic heterocycles. The highest BCUT2D eigenvalue weighted by Gasteiger charge is 2.32. The summed E-state index contributed by atoms with van der Waals surface area (Å²) in [6.45, 7) is 5.24. The number of halogens is 2. The molecule has 0 saturated carbocycles. The lowest BCUT2D eigenvalue weighted by Gasteiger charge is -2.36. The molecule has 3 rings (SSSR count). The Hall–Kier alpha value is -2.40. The lowest BCUT2D eigenvalue weighted by atomic mass is 9.88. The Morgan fingerprint density at radius 2 is 1.83 bits per heavy atom. The van der Waals surface area contributed by atoms with Crippen LogP contribution in [0, 0.1) is 11.7 Å². The van der Waals surface area contributed by atoms with Crippen LogP contribution in [-0.4, -0.2) is 35.8 Å². The topological polar surface area (TPSA) is 49.4 Å². The third kappa shape index (κ3) is 5.39. The standard InChI is InChI=1S/C24H28ClFN2O2/c1-3-16(2)22(27-23(29)19-5-4-6-21(26)15-19)24(30)28-13-11-18(12-14-28)17-7-9-20(25)10-8-17/h4-10,15-16,18,22H,3,11-14H2,1-2H3,(H,27,29)/t16-,22+/m0/s1. The summed E-state index contributed by atoms with van der Waals surface area (Å²) >= 11 is 5.98. The third-order valence-corrected chi connectivity index (χ3v) is 6.25. The number of nitrogens with zero attached hydrogens (tertiary/aromatic N) is 1. The first-order valence-corrected chi connectivity index (χ1v) is 10.9. The molecule has 1 fully saturated rings. The molecule has 1 saturated heterocycles. The van der Waals surface area contributed by atoms with Crippen LogP contribution in [0.25, 0.3) is 0 Å². The van der Waals surface area contributed by atoms with Gasteiger partial charge in [-0.25, -0.2) is 4.39 Å². The second-order valence-electron chi connectivity index (χ2n) is 8.00. The Morgan fingerprint density at radius 1 is 1.17 bits per heavy atom. The van der Waals surface area contributed by atoms with Crippen LogP contribution in [0.15, 0.2) is 48.5 Å². The van der Waals surface area contributed by atoms with E-state index in [0.29, 0.717) is 19.0 Å². The quantitative estimate of drug-likeness (QED) is 0.698. The molecule has 2 atom stereocenters. The van der Waals surface area contributed by atoms with Crippen LogP contribution in [0.5, 0.6) is 0 Å². The molecule has 0 radical (unpaired) electrons. The average molecular weight is 431 g/mol. The number of nitrogens with one attached hydrogen (secondary N) is 1. The van der Waals surface area contributed by atoms with Crippen molar-refractivity contribution in [3.63, 3.8) is 0 Å². The molecule has 30 heavy (non-hydrogen) atoms. The third-order valence-electron chi connectivity index (χ3n) is 6.00. The zero-order chi connectivity index (χ0) is 21.7. The molecule has 2 aromatic carbocycles. The van der Waals surface area contributed by atoms with Gasteiger partial charge in [0.2, 0.25) is 5.91 Å². The van der Waals surface area contributed by atoms with Crippen LogP contribution in [0.3, 0.4) is 0 Å². The van der Waals surface area contributed by atoms with Gasteiger partial charge in [0.25, 0.3) is 5.91 Å². The van der Waals surface area contributed by atoms with E-state index in [1.54, 1.807) is 6.07 Å². The predicted molar refractivity (Wildman–Crippen MR) is 117 cm³/mol. The number of carbonyl (C=O) groups excluding carboxylic acids is 2. The monoisotopic (exact) mass is 430 g/mol. The van der Waals surface area contributed by atoms with E-state index >= 15 is 0 Å². The number of likely N-dealkylation sites (tertiary alicyclic amines) is 1. The molecule has 0 spiro atoms. The van der Waals surface area contributed by atoms with Crippen LogP contribution in [0.1, 0.15) is 54.9 Å². The molecule has 0 unspecified atom stereocenters. The Kier molecular flexibility index (Phi) is 7.48. The Bertz CT molecular complexity index is 879. The number of piperidine rings is 1. The highest BCUT2D eigenvalue weighted by molar-refractivity contribution is 6.30. The number of hydrogen-bond donors (Lipinski definition) is 1. The second-order valence-corrected chi connectivity index (χ2v) is 8.43. The van der Waals surface area contributed by atoms with Crippen molar-refractivity contribution in [3.05, 3.63) is 70.5 Å². The van der Waals surface area contributed by atoms with Gasteiger partial charge in [0, 0.05) is 23.7 Å². The summed E-state index contributed by atoms with van der Waals surface area (Å²) in [7, 11) is 0. The van der Waals surface area contributed by atoms with E-state index in [1.807, 2.05) is 43.0 Å². The molecular weight excluding hydrogens is 403 g/mol. The molecule has 0 aromatic heterocycles. The Morgan fingerprint density at radius 3 is 2.43 bits per heavy atom. The van der Waals surface area contributed by atoms with Crippen molar-refractivity contribution in [2.45, 2.75) is 45.1 Å². The molecule has 160 valence electrons. The smallest absolute Gasteiger partial charge is 0.252 e. The first-order valence-electron chi connectivity index (χ1n) is 10.5. The highest BCUT2D eigenvalue weighted by atomic mass is 35.5. The molecule has 0 bridgehead atoms. The Labute approximate surface area is 182 Å². The number of hydrogen-bond acceptors (Lipinski definition) is 2. The van der Waals surface area contributed by atoms with Crippen LogP contribution in [0.4, 0.5) is 4.39 Å². The van der Waals surface area contributed by atoms with Crippen molar-refractivity contribution in [1.29, 1.82) is 0 Å². The zero-order valence-electron chi connectivity index (χ0n) is 17.4. The van der Waals surface area contributed by atoms with Gasteiger partial charge < -0.3 is 10.2 Å². The fraction of sp³-hybridized carbons (Fsp3) is 0.417. The molecule has 2 amide bonds. The number of rotatable bonds is 6. The minimum absolute atomic E-state index is 0.0241. The van der Waals surface area contributed by atoms with E-state index in [1.165, 1.54) is 23.8 Å². The van der Waals surface area contributed by atoms with Crippen molar-refractivity contribution >= 4 is 23.4 Å². The summed E-state index contributed by atoms with van der Waals surface area (Å²) in [6.07, 6.45) is 2.50. The van der Waals surface area contributed by atoms with E-state index in [2.05, 4.69) is 5.32 Å². The summed E-state index contributed by atoms with van der Waals surface area (Å²) in [5, 5.41) is 3.57. The van der Waals surface area contributed by atoms with Crippen molar-refractivity contribution in [2.75, 3.05) is 13.1 Å². The molecule has 1 N–H and O–H groups in total. The van der Waals surface area contributed by atoms with Crippen molar-refractivity contribution in [3.8, 4) is 0 Å². The van der Waals surface area contributed by atoms with Gasteiger partial charge in [-0.05, 0) is 60.6 Å². The van der Waals surface area contributed by atoms with Gasteiger partial charge >= 0.3 is 0 Å². The molecule has 6 heteroatoms. The van der Waals surface area contributed by atoms with Crippen LogP contribution < -0.4 is 5.32 Å². The lowest BCUT2D eigenvalue weighted by molar-refractivity contribution is -0.135. The maximum atomic E-state index is 13.5. The molecular formula is C24H28ClFN2O2. The first-order chi connectivity index (χ1) is 14.4. The zero-order valence-corrected chi connectivity index (χ0v) is 18.2. The van der Waals surface area contributed by atoms with Crippen LogP contribution in [0.2, 0.25) is 5.02 Å². The summed E-state index contributed by atoms with van der Waals surface area (Å²) < 4.78 is 13.5. The van der Waals surface area contributed by atoms with Gasteiger partial charge in [-0.3, -0.25) is 9.59 Å². The van der Waals surface area contributed by atoms with E-state index < -0.39 is 17.8 Å². The van der Waals surface area contributed by atoms with E-state index in [4.69, 9.17) is 11.6 Å². The second kappa shape index (κ2) is 10.1. The molecule has 2 aromatic rings. The van der Waals surface area contributed by atoms with E-state index in [0.717, 1.165) is 24.3 Å². The maximum absolute atomic E-state index is 13.5. The van der Waals surface area contributed by atoms with Gasteiger partial charge in [-0.15, -0.1) is 0 Å². The number of benzene rings is 2. The number of amides is 2. The van der Waals surface area contributed by atoms with Gasteiger partial charge in [-0.1, -0.05) is 50.1 Å². The minimum atomic E-state index is -0.627. The first kappa shape index (κ1) is 22.3. The maximum Gasteiger partial charge on any atom is 0.252 e. The molecule has 4 nitrogen and oxygen atoms in total. The van der Waals surface area contributed by atoms with E-state index in [-0.39, 0.29) is 17.4 Å². The number of carbonyl (C=O) groups is 2. The fourth-order valence-electron chi connectivity index (χ4n) is 3.90. The fourth-order valence-corrected chi connectivity index (χ4v) is 4.03. The minimum Gasteiger partial charge on any atom is -0.341 e. The normalized spacial score (nSPS) is 16.7. The van der Waals surface area contributed by atoms with Gasteiger partial charge in [0.15, 0.2) is 0 Å². The molecule has 1 aliphatic rings. The Balaban J connectivity index is 1.65. The lowest BCUT2D eigenvalue weighted by Crippen LogP contribution is -2.53. The summed E-state index contributed by atoms with van der Waals surface area (Å²) in [6, 6.07) is 12.8. The van der Waals surface area contributed by atoms with Crippen molar-refractivity contribution in [1.82, 2.24) is 10.2 Å². The van der Waals surface area contributed by atoms with E-state index in [9.17, 15) is 14.0 Å². The van der Waals surface area contributed by atoms with Gasteiger partial charge in [0.1, 0.15) is 11.9 Å². The average Bonchev–Trinajstić information content (AvgIpc) is 2.77. The SMILES string of the molecule is CC[C@H](C)[C@@H](NC(=O)c1cccc(F)c1)C(=O)N1CCC(c2ccc(Cl)cc2)CC1. The predicted octanol–water partition coefficient (Wildman–Crippen LogP) is 5.03. The summed E-state index contributed by atoms with van der Waals surface area (Å²) in [5.74, 6) is -0.592. The van der Waals surface area contributed by atoms with Gasteiger partial charge in [-0.2, -0.15) is 0 Å². The summed E-state index contributed by atoms with van der Waals surface area (Å²) in [4.78, 5) is 27.7. The van der Waals surface area contributed by atoms with Crippen LogP contribution >= 0.6 is 11.6 Å². The van der Waals surface area contributed by atoms with Gasteiger partial charge in [0.05, 0.1) is 0 Å². The molecule has 1 heterocycles. The van der Waals surface area contributed by atoms with Crippen molar-refractivity contribution in [2.24, 2.45) is 5.92 Å². The summed E-state index contributed by atoms with van der Waals surface area (Å²) in [5.41, 5.74) is 1.46.